The van der Waals surface area contributed by atoms with E-state index in [1.807, 2.05) is 13.8 Å². The summed E-state index contributed by atoms with van der Waals surface area (Å²) in [6.45, 7) is 10.2. The largest absolute Gasteiger partial charge is 0.382 e. The van der Waals surface area contributed by atoms with Gasteiger partial charge in [0.25, 0.3) is 0 Å². The van der Waals surface area contributed by atoms with Gasteiger partial charge in [-0.25, -0.2) is 0 Å². The lowest BCUT2D eigenvalue weighted by Gasteiger charge is -2.34. The van der Waals surface area contributed by atoms with Crippen molar-refractivity contribution in [2.24, 2.45) is 5.41 Å². The average Bonchev–Trinajstić information content (AvgIpc) is 2.24. The number of rotatable bonds is 4. The van der Waals surface area contributed by atoms with Crippen LogP contribution in [0, 0.1) is 5.41 Å². The molecule has 0 aromatic rings. The first kappa shape index (κ1) is 14.9. The molecule has 92 valence electrons. The molecule has 2 nitrogen and oxygen atoms in total. The Labute approximate surface area is 95.3 Å². The second kappa shape index (κ2) is 8.12. The third kappa shape index (κ3) is 6.91. The Morgan fingerprint density at radius 2 is 1.60 bits per heavy atom. The highest BCUT2D eigenvalue weighted by molar-refractivity contribution is 4.78. The van der Waals surface area contributed by atoms with Crippen LogP contribution in [0.3, 0.4) is 0 Å². The minimum atomic E-state index is 0.489. The summed E-state index contributed by atoms with van der Waals surface area (Å²) in [6.07, 6.45) is 5.52. The third-order valence-electron chi connectivity index (χ3n) is 2.93. The molecule has 0 bridgehead atoms. The molecule has 0 aromatic heterocycles. The minimum absolute atomic E-state index is 0.489. The molecule has 1 aliphatic rings. The topological polar surface area (TPSA) is 18.5 Å². The fourth-order valence-electron chi connectivity index (χ4n) is 1.84. The van der Waals surface area contributed by atoms with Gasteiger partial charge >= 0.3 is 0 Å². The molecule has 1 rings (SSSR count). The van der Waals surface area contributed by atoms with E-state index < -0.39 is 0 Å². The van der Waals surface area contributed by atoms with E-state index in [0.717, 1.165) is 13.2 Å². The number of hydrogen-bond acceptors (Lipinski definition) is 2. The van der Waals surface area contributed by atoms with Crippen LogP contribution < -0.4 is 0 Å². The van der Waals surface area contributed by atoms with Crippen LogP contribution in [0.2, 0.25) is 0 Å². The van der Waals surface area contributed by atoms with Gasteiger partial charge in [-0.05, 0) is 31.1 Å². The van der Waals surface area contributed by atoms with E-state index in [9.17, 15) is 0 Å². The summed E-state index contributed by atoms with van der Waals surface area (Å²) in [7, 11) is 1.72. The lowest BCUT2D eigenvalue weighted by Crippen LogP contribution is -2.27. The first-order chi connectivity index (χ1) is 7.14. The van der Waals surface area contributed by atoms with Crippen LogP contribution in [0.15, 0.2) is 0 Å². The molecule has 0 saturated heterocycles. The molecule has 0 spiro atoms. The van der Waals surface area contributed by atoms with Crippen LogP contribution in [0.1, 0.15) is 53.4 Å². The van der Waals surface area contributed by atoms with E-state index in [-0.39, 0.29) is 0 Å². The Morgan fingerprint density at radius 1 is 1.07 bits per heavy atom. The zero-order valence-electron chi connectivity index (χ0n) is 11.1. The van der Waals surface area contributed by atoms with Gasteiger partial charge in [-0.2, -0.15) is 0 Å². The summed E-state index contributed by atoms with van der Waals surface area (Å²) >= 11 is 0. The van der Waals surface area contributed by atoms with Gasteiger partial charge in [0.05, 0.1) is 19.3 Å². The smallest absolute Gasteiger partial charge is 0.0704 e. The molecular weight excluding hydrogens is 188 g/mol. The van der Waals surface area contributed by atoms with E-state index in [1.165, 1.54) is 25.7 Å². The van der Waals surface area contributed by atoms with Crippen molar-refractivity contribution in [3.8, 4) is 0 Å². The van der Waals surface area contributed by atoms with Crippen molar-refractivity contribution < 1.29 is 9.47 Å². The van der Waals surface area contributed by atoms with Crippen molar-refractivity contribution in [1.29, 1.82) is 0 Å². The second-order valence-electron chi connectivity index (χ2n) is 4.73. The molecule has 1 saturated carbocycles. The molecule has 0 radical (unpaired) electrons. The zero-order valence-corrected chi connectivity index (χ0v) is 11.1. The van der Waals surface area contributed by atoms with E-state index >= 15 is 0 Å². The van der Waals surface area contributed by atoms with Crippen LogP contribution in [-0.4, -0.2) is 26.4 Å². The van der Waals surface area contributed by atoms with Gasteiger partial charge in [0, 0.05) is 7.11 Å². The first-order valence-corrected chi connectivity index (χ1v) is 6.24. The maximum absolute atomic E-state index is 5.69. The van der Waals surface area contributed by atoms with Gasteiger partial charge in [-0.3, -0.25) is 0 Å². The van der Waals surface area contributed by atoms with Crippen molar-refractivity contribution >= 4 is 0 Å². The van der Waals surface area contributed by atoms with E-state index in [4.69, 9.17) is 9.47 Å². The minimum Gasteiger partial charge on any atom is -0.382 e. The van der Waals surface area contributed by atoms with E-state index in [0.29, 0.717) is 11.5 Å². The lowest BCUT2D eigenvalue weighted by molar-refractivity contribution is -0.0173. The van der Waals surface area contributed by atoms with Crippen molar-refractivity contribution in [1.82, 2.24) is 0 Å². The van der Waals surface area contributed by atoms with Crippen LogP contribution in [0.5, 0.6) is 0 Å². The maximum Gasteiger partial charge on any atom is 0.0704 e. The molecule has 0 heterocycles. The fourth-order valence-corrected chi connectivity index (χ4v) is 1.84. The van der Waals surface area contributed by atoms with Gasteiger partial charge in [0.15, 0.2) is 0 Å². The van der Waals surface area contributed by atoms with Crippen LogP contribution in [0.25, 0.3) is 0 Å². The Balaban J connectivity index is 0.000000921. The molecule has 15 heavy (non-hydrogen) atoms. The molecular formula is C13H28O2. The molecule has 0 aromatic carbocycles. The van der Waals surface area contributed by atoms with Gasteiger partial charge in [0.2, 0.25) is 0 Å². The average molecular weight is 216 g/mol. The summed E-state index contributed by atoms with van der Waals surface area (Å²) in [5.41, 5.74) is 0.543. The molecule has 0 unspecified atom stereocenters. The molecule has 1 fully saturated rings. The summed E-state index contributed by atoms with van der Waals surface area (Å²) in [4.78, 5) is 0. The molecule has 0 atom stereocenters. The van der Waals surface area contributed by atoms with Crippen LogP contribution in [-0.2, 0) is 9.47 Å². The number of ether oxygens (including phenoxy) is 2. The molecule has 1 aliphatic carbocycles. The predicted octanol–water partition coefficient (Wildman–Crippen LogP) is 3.64. The molecule has 0 amide bonds. The second-order valence-corrected chi connectivity index (χ2v) is 4.73. The van der Waals surface area contributed by atoms with Crippen LogP contribution in [0.4, 0.5) is 0 Å². The molecule has 0 aliphatic heterocycles. The fraction of sp³-hybridized carbons (Fsp3) is 1.00. The highest BCUT2D eigenvalue weighted by Crippen LogP contribution is 2.35. The Kier molecular flexibility index (Phi) is 8.07. The van der Waals surface area contributed by atoms with Crippen molar-refractivity contribution in [2.75, 3.05) is 20.3 Å². The summed E-state index contributed by atoms with van der Waals surface area (Å²) in [5.74, 6) is 0. The number of methoxy groups -OCH3 is 1. The molecule has 2 heteroatoms. The van der Waals surface area contributed by atoms with Crippen molar-refractivity contribution in [3.63, 3.8) is 0 Å². The quantitative estimate of drug-likeness (QED) is 0.668. The third-order valence-corrected chi connectivity index (χ3v) is 2.93. The monoisotopic (exact) mass is 216 g/mol. The zero-order chi connectivity index (χ0) is 11.7. The van der Waals surface area contributed by atoms with Crippen LogP contribution >= 0.6 is 0 Å². The normalized spacial score (nSPS) is 20.6. The summed E-state index contributed by atoms with van der Waals surface area (Å²) < 4.78 is 10.6. The van der Waals surface area contributed by atoms with E-state index in [1.54, 1.807) is 7.11 Å². The Bertz CT molecular complexity index is 133. The summed E-state index contributed by atoms with van der Waals surface area (Å²) in [5, 5.41) is 0. The van der Waals surface area contributed by atoms with E-state index in [2.05, 4.69) is 13.8 Å². The highest BCUT2D eigenvalue weighted by Gasteiger charge is 2.26. The van der Waals surface area contributed by atoms with Crippen molar-refractivity contribution in [3.05, 3.63) is 0 Å². The summed E-state index contributed by atoms with van der Waals surface area (Å²) in [6, 6.07) is 0. The SMILES string of the molecule is CC.COCCOC1CCC(C)(C)CC1. The van der Waals surface area contributed by atoms with Gasteiger partial charge in [0.1, 0.15) is 0 Å². The molecule has 0 N–H and O–H groups in total. The Morgan fingerprint density at radius 3 is 2.07 bits per heavy atom. The predicted molar refractivity (Wildman–Crippen MR) is 65.2 cm³/mol. The first-order valence-electron chi connectivity index (χ1n) is 6.24. The standard InChI is InChI=1S/C11H22O2.C2H6/c1-11(2)6-4-10(5-7-11)13-9-8-12-3;1-2/h10H,4-9H2,1-3H3;1-2H3. The highest BCUT2D eigenvalue weighted by atomic mass is 16.5. The number of hydrogen-bond donors (Lipinski definition) is 0. The van der Waals surface area contributed by atoms with Gasteiger partial charge in [-0.1, -0.05) is 27.7 Å². The van der Waals surface area contributed by atoms with Gasteiger partial charge < -0.3 is 9.47 Å². The Hall–Kier alpha value is -0.0800. The lowest BCUT2D eigenvalue weighted by atomic mass is 9.76. The van der Waals surface area contributed by atoms with Gasteiger partial charge in [-0.15, -0.1) is 0 Å². The maximum atomic E-state index is 5.69. The van der Waals surface area contributed by atoms with Crippen molar-refractivity contribution in [2.45, 2.75) is 59.5 Å².